The molecule has 0 fully saturated rings. The van der Waals surface area contributed by atoms with Gasteiger partial charge in [0, 0.05) is 36.6 Å². The van der Waals surface area contributed by atoms with Crippen LogP contribution in [0.1, 0.15) is 11.1 Å². The predicted octanol–water partition coefficient (Wildman–Crippen LogP) is 10.5. The first kappa shape index (κ1) is 50.3. The molecule has 1 amide bonds. The molecule has 0 saturated heterocycles. The number of hydrogen-bond donors (Lipinski definition) is 4. The Bertz CT molecular complexity index is 3340. The van der Waals surface area contributed by atoms with Crippen LogP contribution in [0.4, 0.5) is 49.4 Å². The van der Waals surface area contributed by atoms with E-state index in [-0.39, 0.29) is 64.3 Å². The van der Waals surface area contributed by atoms with Crippen molar-refractivity contribution in [3.05, 3.63) is 143 Å². The third kappa shape index (κ3) is 13.1. The highest BCUT2D eigenvalue weighted by atomic mass is 35.5. The number of halogens is 8. The summed E-state index contributed by atoms with van der Waals surface area (Å²) in [4.78, 5) is 40.2. The maximum atomic E-state index is 13.0. The molecule has 0 bridgehead atoms. The highest BCUT2D eigenvalue weighted by Crippen LogP contribution is 2.38. The number of nitrogens with one attached hydrogen (secondary N) is 3. The van der Waals surface area contributed by atoms with Crippen LogP contribution in [0.3, 0.4) is 0 Å². The standard InChI is InChI=1S/C24H21ClF3N5O4S.C21H14ClF3N4O3/c1-38(35,36)10-8-29-21(34)13-33-9-7-19-22(33)23(31-14-30-19)32-16-5-6-20(18(25)12-16)37-17-4-2-3-15(11-17)24(26,27)28;22-15-9-13(4-5-17(15)32-14-3-1-2-12(8-14)21(23,24)25)28-20-19-16(26-11-27-20)6-7-29(19)10-18(30)31/h2-7,9,11-12,14H,8,10,13H2,1H3,(H,29,34)(H,30,31,32);1-9,11H,10H2,(H,30,31)(H,26,27,28). The van der Waals surface area contributed by atoms with E-state index < -0.39 is 39.3 Å². The number of sulfone groups is 1. The lowest BCUT2D eigenvalue weighted by atomic mass is 10.2. The second-order valence-corrected chi connectivity index (χ2v) is 18.0. The Labute approximate surface area is 402 Å². The first-order chi connectivity index (χ1) is 33.1. The number of fused-ring (bicyclic) bond motifs is 2. The van der Waals surface area contributed by atoms with Gasteiger partial charge in [-0.05, 0) is 84.9 Å². The topological polar surface area (TPSA) is 204 Å². The van der Waals surface area contributed by atoms with Gasteiger partial charge in [-0.1, -0.05) is 35.3 Å². The lowest BCUT2D eigenvalue weighted by Crippen LogP contribution is -2.31. The van der Waals surface area contributed by atoms with Crippen LogP contribution in [0.5, 0.6) is 23.0 Å². The quantitative estimate of drug-likeness (QED) is 0.0707. The monoisotopic (exact) mass is 1030 g/mol. The molecular formula is C45H35Cl2F6N9O7S. The van der Waals surface area contributed by atoms with Crippen molar-refractivity contribution in [2.75, 3.05) is 29.2 Å². The number of nitrogens with zero attached hydrogens (tertiary/aromatic N) is 6. The Hall–Kier alpha value is -7.63. The molecule has 8 rings (SSSR count). The summed E-state index contributed by atoms with van der Waals surface area (Å²) in [7, 11) is -3.21. The fourth-order valence-corrected chi connectivity index (χ4v) is 7.48. The van der Waals surface area contributed by atoms with Crippen molar-refractivity contribution in [1.82, 2.24) is 34.4 Å². The van der Waals surface area contributed by atoms with Crippen LogP contribution in [0.25, 0.3) is 22.1 Å². The third-order valence-electron chi connectivity index (χ3n) is 9.68. The first-order valence-electron chi connectivity index (χ1n) is 20.2. The highest BCUT2D eigenvalue weighted by Gasteiger charge is 2.31. The minimum atomic E-state index is -4.51. The molecule has 0 aliphatic carbocycles. The zero-order valence-corrected chi connectivity index (χ0v) is 38.2. The summed E-state index contributed by atoms with van der Waals surface area (Å²) in [5.41, 5.74) is 1.46. The molecule has 0 aliphatic rings. The normalized spacial score (nSPS) is 11.7. The number of carbonyl (C=O) groups is 2. The Kier molecular flexibility index (Phi) is 15.0. The second-order valence-electron chi connectivity index (χ2n) is 15.0. The Morgan fingerprint density at radius 1 is 0.657 bits per heavy atom. The highest BCUT2D eigenvalue weighted by molar-refractivity contribution is 7.90. The first-order valence-corrected chi connectivity index (χ1v) is 23.0. The van der Waals surface area contributed by atoms with Gasteiger partial charge in [0.05, 0.1) is 38.0 Å². The maximum Gasteiger partial charge on any atom is 0.416 e. The second kappa shape index (κ2) is 20.9. The zero-order valence-electron chi connectivity index (χ0n) is 35.9. The molecular weight excluding hydrogens is 996 g/mol. The minimum absolute atomic E-state index is 0.00792. The molecule has 4 aromatic carbocycles. The van der Waals surface area contributed by atoms with E-state index in [2.05, 4.69) is 35.9 Å². The summed E-state index contributed by atoms with van der Waals surface area (Å²) in [6, 6.07) is 21.5. The molecule has 70 heavy (non-hydrogen) atoms. The van der Waals surface area contributed by atoms with Gasteiger partial charge in [0.1, 0.15) is 69.6 Å². The lowest BCUT2D eigenvalue weighted by Gasteiger charge is -2.13. The van der Waals surface area contributed by atoms with E-state index in [1.54, 1.807) is 41.2 Å². The summed E-state index contributed by atoms with van der Waals surface area (Å²) in [6.45, 7) is -0.373. The Morgan fingerprint density at radius 3 is 1.53 bits per heavy atom. The number of hydrogen-bond acceptors (Lipinski definition) is 12. The summed E-state index contributed by atoms with van der Waals surface area (Å²) < 4.78 is 114. The van der Waals surface area contributed by atoms with Crippen molar-refractivity contribution < 1.29 is 58.9 Å². The molecule has 0 saturated carbocycles. The molecule has 4 aromatic heterocycles. The number of aliphatic carboxylic acids is 1. The van der Waals surface area contributed by atoms with Gasteiger partial charge in [-0.3, -0.25) is 9.59 Å². The molecule has 25 heteroatoms. The van der Waals surface area contributed by atoms with Gasteiger partial charge in [0.15, 0.2) is 11.6 Å². The summed E-state index contributed by atoms with van der Waals surface area (Å²) >= 11 is 12.6. The van der Waals surface area contributed by atoms with Gasteiger partial charge < -0.3 is 39.7 Å². The molecule has 0 unspecified atom stereocenters. The predicted molar refractivity (Wildman–Crippen MR) is 248 cm³/mol. The molecule has 0 aliphatic heterocycles. The van der Waals surface area contributed by atoms with E-state index in [1.165, 1.54) is 65.8 Å². The van der Waals surface area contributed by atoms with E-state index in [1.807, 2.05) is 0 Å². The largest absolute Gasteiger partial charge is 0.480 e. The fourth-order valence-electron chi connectivity index (χ4n) is 6.57. The van der Waals surface area contributed by atoms with Crippen LogP contribution < -0.4 is 25.4 Å². The molecule has 8 aromatic rings. The molecule has 0 atom stereocenters. The zero-order chi connectivity index (χ0) is 50.4. The van der Waals surface area contributed by atoms with E-state index in [0.29, 0.717) is 45.1 Å². The number of aromatic nitrogens is 6. The SMILES string of the molecule is CS(=O)(=O)CCNC(=O)Cn1ccc2ncnc(Nc3ccc(Oc4cccc(C(F)(F)F)c4)c(Cl)c3)c21.O=C(O)Cn1ccc2ncnc(Nc3ccc(Oc4cccc(C(F)(F)F)c4)c(Cl)c3)c21. The molecule has 16 nitrogen and oxygen atoms in total. The van der Waals surface area contributed by atoms with E-state index in [9.17, 15) is 44.3 Å². The molecule has 0 spiro atoms. The maximum absolute atomic E-state index is 13.0. The number of ether oxygens (including phenoxy) is 2. The van der Waals surface area contributed by atoms with Gasteiger partial charge in [-0.2, -0.15) is 26.3 Å². The van der Waals surface area contributed by atoms with Crippen LogP contribution >= 0.6 is 23.2 Å². The van der Waals surface area contributed by atoms with E-state index in [0.717, 1.165) is 30.5 Å². The average Bonchev–Trinajstić information content (AvgIpc) is 3.89. The van der Waals surface area contributed by atoms with Crippen LogP contribution in [-0.2, 0) is 44.9 Å². The number of carboxylic acids is 1. The van der Waals surface area contributed by atoms with Gasteiger partial charge in [-0.15, -0.1) is 0 Å². The van der Waals surface area contributed by atoms with Crippen LogP contribution in [0.15, 0.2) is 122 Å². The van der Waals surface area contributed by atoms with Crippen molar-refractivity contribution in [2.45, 2.75) is 25.4 Å². The minimum Gasteiger partial charge on any atom is -0.480 e. The van der Waals surface area contributed by atoms with Crippen molar-refractivity contribution in [3.63, 3.8) is 0 Å². The van der Waals surface area contributed by atoms with Gasteiger partial charge in [0.2, 0.25) is 5.91 Å². The summed E-state index contributed by atoms with van der Waals surface area (Å²) in [5.74, 6) is -0.557. The van der Waals surface area contributed by atoms with Crippen molar-refractivity contribution >= 4 is 90.0 Å². The number of rotatable bonds is 15. The lowest BCUT2D eigenvalue weighted by molar-refractivity contribution is -0.138. The van der Waals surface area contributed by atoms with Crippen LogP contribution in [0.2, 0.25) is 10.0 Å². The summed E-state index contributed by atoms with van der Waals surface area (Å²) in [6.07, 6.45) is -1.98. The molecule has 0 radical (unpaired) electrons. The van der Waals surface area contributed by atoms with Crippen LogP contribution in [0, 0.1) is 0 Å². The Morgan fingerprint density at radius 2 is 1.11 bits per heavy atom. The van der Waals surface area contributed by atoms with E-state index >= 15 is 0 Å². The average molecular weight is 1030 g/mol. The molecule has 364 valence electrons. The van der Waals surface area contributed by atoms with Gasteiger partial charge in [-0.25, -0.2) is 28.4 Å². The number of alkyl halides is 6. The molecule has 4 heterocycles. The number of carbonyl (C=O) groups excluding carboxylic acids is 1. The van der Waals surface area contributed by atoms with Gasteiger partial charge >= 0.3 is 18.3 Å². The summed E-state index contributed by atoms with van der Waals surface area (Å²) in [5, 5.41) is 18.1. The number of anilines is 4. The fraction of sp³-hybridized carbons (Fsp3) is 0.156. The van der Waals surface area contributed by atoms with Crippen molar-refractivity contribution in [1.29, 1.82) is 0 Å². The number of carboxylic acid groups (broad SMARTS) is 1. The van der Waals surface area contributed by atoms with Crippen molar-refractivity contribution in [2.24, 2.45) is 0 Å². The van der Waals surface area contributed by atoms with E-state index in [4.69, 9.17) is 37.8 Å². The number of amides is 1. The number of benzene rings is 4. The van der Waals surface area contributed by atoms with Crippen LogP contribution in [-0.4, -0.2) is 73.0 Å². The Balaban J connectivity index is 0.000000209. The molecule has 4 N–H and O–H groups in total. The third-order valence-corrected chi connectivity index (χ3v) is 11.2. The van der Waals surface area contributed by atoms with Crippen molar-refractivity contribution in [3.8, 4) is 23.0 Å². The smallest absolute Gasteiger partial charge is 0.416 e. The van der Waals surface area contributed by atoms with Gasteiger partial charge in [0.25, 0.3) is 0 Å².